The third-order valence-corrected chi connectivity index (χ3v) is 6.51. The summed E-state index contributed by atoms with van der Waals surface area (Å²) in [7, 11) is 0. The Morgan fingerprint density at radius 1 is 1.16 bits per heavy atom. The number of carbonyl (C=O) groups excluding carboxylic acids is 1. The van der Waals surface area contributed by atoms with Crippen LogP contribution in [0, 0.1) is 24.1 Å². The number of ether oxygens (including phenoxy) is 1. The van der Waals surface area contributed by atoms with E-state index < -0.39 is 29.2 Å². The average molecular weight is 543 g/mol. The van der Waals surface area contributed by atoms with Crippen LogP contribution >= 0.6 is 12.2 Å². The van der Waals surface area contributed by atoms with Crippen LogP contribution in [0.1, 0.15) is 35.2 Å². The number of halogens is 4. The number of alkyl halides is 3. The monoisotopic (exact) mass is 542 g/mol. The lowest BCUT2D eigenvalue weighted by Gasteiger charge is -2.30. The quantitative estimate of drug-likeness (QED) is 0.283. The molecule has 2 aromatic carbocycles. The topological polar surface area (TPSA) is 69.5 Å². The molecule has 0 bridgehead atoms. The first-order valence-electron chi connectivity index (χ1n) is 11.7. The minimum atomic E-state index is -4.86. The number of hydrogen-bond donors (Lipinski definition) is 0. The molecule has 1 saturated heterocycles. The lowest BCUT2D eigenvalue weighted by atomic mass is 10.1. The molecule has 0 radical (unpaired) electrons. The van der Waals surface area contributed by atoms with Crippen LogP contribution in [0.2, 0.25) is 0 Å². The summed E-state index contributed by atoms with van der Waals surface area (Å²) in [6.07, 6.45) is -2.93. The molecule has 1 aliphatic heterocycles. The van der Waals surface area contributed by atoms with Crippen molar-refractivity contribution in [3.8, 4) is 11.8 Å². The van der Waals surface area contributed by atoms with E-state index in [-0.39, 0.29) is 36.1 Å². The maximum atomic E-state index is 15.0. The fourth-order valence-electron chi connectivity index (χ4n) is 4.13. The SMILES string of the molecule is Cc1ccccc1CCOc1ccc(N2CCCC(=O)N(c3cnc(C#N)c(C(F)(F)F)c3)C2=S)cc1F. The van der Waals surface area contributed by atoms with Crippen molar-refractivity contribution in [1.82, 2.24) is 4.98 Å². The van der Waals surface area contributed by atoms with Gasteiger partial charge in [0.2, 0.25) is 5.91 Å². The van der Waals surface area contributed by atoms with E-state index >= 15 is 0 Å². The third kappa shape index (κ3) is 5.75. The Hall–Kier alpha value is -4.04. The summed E-state index contributed by atoms with van der Waals surface area (Å²) in [5.41, 5.74) is 0.204. The van der Waals surface area contributed by atoms with Crippen molar-refractivity contribution in [3.63, 3.8) is 0 Å². The molecule has 0 saturated carbocycles. The van der Waals surface area contributed by atoms with Crippen LogP contribution in [0.15, 0.2) is 54.7 Å². The van der Waals surface area contributed by atoms with Gasteiger partial charge in [0, 0.05) is 31.1 Å². The molecule has 4 rings (SSSR count). The second-order valence-corrected chi connectivity index (χ2v) is 8.97. The van der Waals surface area contributed by atoms with Gasteiger partial charge in [-0.25, -0.2) is 9.37 Å². The minimum absolute atomic E-state index is 0.000568. The number of thiocarbonyl (C=S) groups is 1. The number of pyridine rings is 1. The van der Waals surface area contributed by atoms with Crippen molar-refractivity contribution in [3.05, 3.63) is 82.9 Å². The summed E-state index contributed by atoms with van der Waals surface area (Å²) in [4.78, 5) is 18.8. The Morgan fingerprint density at radius 3 is 2.61 bits per heavy atom. The zero-order valence-corrected chi connectivity index (χ0v) is 21.1. The van der Waals surface area contributed by atoms with Crippen LogP contribution in [0.3, 0.4) is 0 Å². The second-order valence-electron chi connectivity index (χ2n) is 8.61. The van der Waals surface area contributed by atoms with Crippen molar-refractivity contribution in [2.75, 3.05) is 23.0 Å². The number of carbonyl (C=O) groups is 1. The maximum Gasteiger partial charge on any atom is 0.419 e. The van der Waals surface area contributed by atoms with Crippen LogP contribution in [-0.4, -0.2) is 29.2 Å². The number of hydrogen-bond acceptors (Lipinski definition) is 5. The predicted molar refractivity (Wildman–Crippen MR) is 137 cm³/mol. The molecule has 0 unspecified atom stereocenters. The number of nitriles is 1. The number of amides is 1. The number of aryl methyl sites for hydroxylation is 1. The molecular weight excluding hydrogens is 520 g/mol. The van der Waals surface area contributed by atoms with E-state index in [2.05, 4.69) is 4.98 Å². The molecule has 2 heterocycles. The highest BCUT2D eigenvalue weighted by molar-refractivity contribution is 7.81. The predicted octanol–water partition coefficient (Wildman–Crippen LogP) is 5.96. The smallest absolute Gasteiger partial charge is 0.419 e. The average Bonchev–Trinajstić information content (AvgIpc) is 3.02. The lowest BCUT2D eigenvalue weighted by molar-refractivity contribution is -0.138. The summed E-state index contributed by atoms with van der Waals surface area (Å²) < 4.78 is 61.1. The van der Waals surface area contributed by atoms with Gasteiger partial charge in [0.1, 0.15) is 6.07 Å². The van der Waals surface area contributed by atoms with Gasteiger partial charge < -0.3 is 9.64 Å². The van der Waals surface area contributed by atoms with Crippen molar-refractivity contribution in [2.45, 2.75) is 32.4 Å². The van der Waals surface area contributed by atoms with Crippen molar-refractivity contribution in [2.24, 2.45) is 0 Å². The molecule has 1 aromatic heterocycles. The molecular formula is C27H22F4N4O2S. The van der Waals surface area contributed by atoms with E-state index in [1.165, 1.54) is 23.1 Å². The highest BCUT2D eigenvalue weighted by Gasteiger charge is 2.37. The minimum Gasteiger partial charge on any atom is -0.490 e. The molecule has 0 aliphatic carbocycles. The largest absolute Gasteiger partial charge is 0.490 e. The van der Waals surface area contributed by atoms with E-state index in [1.54, 1.807) is 6.07 Å². The summed E-state index contributed by atoms with van der Waals surface area (Å²) in [5.74, 6) is -1.13. The van der Waals surface area contributed by atoms with Gasteiger partial charge in [-0.3, -0.25) is 9.69 Å². The highest BCUT2D eigenvalue weighted by Crippen LogP contribution is 2.35. The zero-order chi connectivity index (χ0) is 27.4. The molecule has 11 heteroatoms. The van der Waals surface area contributed by atoms with Crippen LogP contribution in [-0.2, 0) is 17.4 Å². The van der Waals surface area contributed by atoms with Gasteiger partial charge in [0.05, 0.1) is 24.1 Å². The van der Waals surface area contributed by atoms with Crippen LogP contribution in [0.5, 0.6) is 5.75 Å². The van der Waals surface area contributed by atoms with Gasteiger partial charge in [-0.1, -0.05) is 24.3 Å². The van der Waals surface area contributed by atoms with Gasteiger partial charge in [0.25, 0.3) is 0 Å². The van der Waals surface area contributed by atoms with Crippen molar-refractivity contribution in [1.29, 1.82) is 5.26 Å². The van der Waals surface area contributed by atoms with Gasteiger partial charge in [-0.2, -0.15) is 18.4 Å². The van der Waals surface area contributed by atoms with Crippen LogP contribution in [0.25, 0.3) is 0 Å². The Morgan fingerprint density at radius 2 is 1.92 bits per heavy atom. The Labute approximate surface area is 222 Å². The first kappa shape index (κ1) is 27.0. The molecule has 1 aliphatic rings. The first-order chi connectivity index (χ1) is 18.1. The molecule has 38 heavy (non-hydrogen) atoms. The molecule has 196 valence electrons. The normalized spacial score (nSPS) is 14.3. The first-order valence-corrected chi connectivity index (χ1v) is 12.1. The van der Waals surface area contributed by atoms with Crippen molar-refractivity contribution >= 4 is 34.6 Å². The van der Waals surface area contributed by atoms with E-state index in [4.69, 9.17) is 22.2 Å². The zero-order valence-electron chi connectivity index (χ0n) is 20.3. The Bertz CT molecular complexity index is 1420. The third-order valence-electron chi connectivity index (χ3n) is 6.10. The molecule has 1 amide bonds. The number of benzene rings is 2. The van der Waals surface area contributed by atoms with E-state index in [9.17, 15) is 22.4 Å². The summed E-state index contributed by atoms with van der Waals surface area (Å²) in [6.45, 7) is 2.49. The highest BCUT2D eigenvalue weighted by atomic mass is 32.1. The molecule has 0 N–H and O–H groups in total. The fourth-order valence-corrected chi connectivity index (χ4v) is 4.54. The Kier molecular flexibility index (Phi) is 7.92. The fraction of sp³-hybridized carbons (Fsp3) is 0.259. The summed E-state index contributed by atoms with van der Waals surface area (Å²) >= 11 is 5.49. The Balaban J connectivity index is 1.56. The van der Waals surface area contributed by atoms with Crippen LogP contribution in [0.4, 0.5) is 28.9 Å². The van der Waals surface area contributed by atoms with Crippen LogP contribution < -0.4 is 14.5 Å². The van der Waals surface area contributed by atoms with Crippen molar-refractivity contribution < 1.29 is 27.1 Å². The van der Waals surface area contributed by atoms with E-state index in [0.29, 0.717) is 24.6 Å². The van der Waals surface area contributed by atoms with E-state index in [0.717, 1.165) is 22.2 Å². The molecule has 3 aromatic rings. The molecule has 0 spiro atoms. The van der Waals surface area contributed by atoms with Gasteiger partial charge in [0.15, 0.2) is 22.4 Å². The lowest BCUT2D eigenvalue weighted by Crippen LogP contribution is -2.44. The van der Waals surface area contributed by atoms with Gasteiger partial charge in [-0.05, 0) is 54.9 Å². The number of nitrogens with zero attached hydrogens (tertiary/aromatic N) is 4. The number of aromatic nitrogens is 1. The summed E-state index contributed by atoms with van der Waals surface area (Å²) in [5, 5.41) is 8.90. The van der Waals surface area contributed by atoms with Gasteiger partial charge in [-0.15, -0.1) is 0 Å². The van der Waals surface area contributed by atoms with Gasteiger partial charge >= 0.3 is 6.18 Å². The summed E-state index contributed by atoms with van der Waals surface area (Å²) in [6, 6.07) is 14.1. The maximum absolute atomic E-state index is 15.0. The number of rotatable bonds is 6. The second kappa shape index (κ2) is 11.1. The number of anilines is 2. The standard InChI is InChI=1S/C27H22F4N4O2S/c1-17-5-2-3-6-18(17)10-12-37-24-9-8-19(14-22(24)28)34-11-4-7-25(36)35(26(34)38)20-13-21(27(29,30)31)23(15-32)33-16-20/h2-3,5-6,8-9,13-14,16H,4,7,10-12H2,1H3. The molecule has 1 fully saturated rings. The molecule has 6 nitrogen and oxygen atoms in total. The van der Waals surface area contributed by atoms with E-state index in [1.807, 2.05) is 31.2 Å². The molecule has 0 atom stereocenters.